The van der Waals surface area contributed by atoms with Gasteiger partial charge >= 0.3 is 0 Å². The molecule has 3 rings (SSSR count). The number of aromatic nitrogens is 4. The van der Waals surface area contributed by atoms with Crippen molar-refractivity contribution >= 4 is 0 Å². The lowest BCUT2D eigenvalue weighted by Crippen LogP contribution is -1.95. The third-order valence-electron chi connectivity index (χ3n) is 2.66. The molecule has 0 spiro atoms. The average molecular weight is 247 g/mol. The van der Waals surface area contributed by atoms with E-state index >= 15 is 0 Å². The maximum atomic E-state index is 8.86. The largest absolute Gasteiger partial charge is 0.261 e. The first kappa shape index (κ1) is 11.1. The fraction of sp³-hybridized carbons (Fsp3) is 0. The summed E-state index contributed by atoms with van der Waals surface area (Å²) in [6.45, 7) is 0. The Morgan fingerprint density at radius 1 is 1.16 bits per heavy atom. The summed E-state index contributed by atoms with van der Waals surface area (Å²) in [5.41, 5.74) is 3.04. The molecular weight excluding hydrogens is 238 g/mol. The van der Waals surface area contributed by atoms with Gasteiger partial charge in [0.1, 0.15) is 6.07 Å². The molecule has 3 heterocycles. The lowest BCUT2D eigenvalue weighted by Gasteiger charge is -2.00. The van der Waals surface area contributed by atoms with Crippen LogP contribution in [-0.4, -0.2) is 19.7 Å². The van der Waals surface area contributed by atoms with Crippen LogP contribution in [0.4, 0.5) is 0 Å². The maximum Gasteiger partial charge on any atom is 0.101 e. The second kappa shape index (κ2) is 4.70. The normalized spacial score (nSPS) is 10.1. The highest BCUT2D eigenvalue weighted by atomic mass is 15.3. The van der Waals surface area contributed by atoms with Gasteiger partial charge in [0.2, 0.25) is 0 Å². The highest BCUT2D eigenvalue weighted by molar-refractivity contribution is 5.57. The van der Waals surface area contributed by atoms with E-state index in [0.29, 0.717) is 5.56 Å². The molecule has 3 aromatic rings. The van der Waals surface area contributed by atoms with Gasteiger partial charge in [0.25, 0.3) is 0 Å². The van der Waals surface area contributed by atoms with Crippen LogP contribution in [0.1, 0.15) is 5.56 Å². The lowest BCUT2D eigenvalue weighted by molar-refractivity contribution is 0.873. The molecule has 5 heteroatoms. The minimum absolute atomic E-state index is 0.507. The molecule has 0 saturated carbocycles. The van der Waals surface area contributed by atoms with E-state index in [1.807, 2.05) is 24.4 Å². The molecule has 0 aromatic carbocycles. The number of hydrogen-bond donors (Lipinski definition) is 0. The summed E-state index contributed by atoms with van der Waals surface area (Å²) >= 11 is 0. The van der Waals surface area contributed by atoms with Crippen LogP contribution < -0.4 is 0 Å². The van der Waals surface area contributed by atoms with Crippen molar-refractivity contribution in [2.75, 3.05) is 0 Å². The third kappa shape index (κ3) is 2.19. The van der Waals surface area contributed by atoms with E-state index in [1.54, 1.807) is 29.3 Å². The number of pyridine rings is 2. The molecule has 3 aromatic heterocycles. The Kier molecular flexibility index (Phi) is 2.75. The van der Waals surface area contributed by atoms with Crippen LogP contribution in [0, 0.1) is 11.3 Å². The monoisotopic (exact) mass is 247 g/mol. The van der Waals surface area contributed by atoms with Crippen molar-refractivity contribution in [2.45, 2.75) is 0 Å². The minimum Gasteiger partial charge on any atom is -0.261 e. The molecule has 0 atom stereocenters. The first-order valence-corrected chi connectivity index (χ1v) is 5.68. The molecule has 0 aliphatic rings. The molecule has 19 heavy (non-hydrogen) atoms. The van der Waals surface area contributed by atoms with Gasteiger partial charge < -0.3 is 0 Å². The third-order valence-corrected chi connectivity index (χ3v) is 2.66. The van der Waals surface area contributed by atoms with E-state index < -0.39 is 0 Å². The van der Waals surface area contributed by atoms with Gasteiger partial charge in [-0.25, -0.2) is 4.68 Å². The van der Waals surface area contributed by atoms with Gasteiger partial charge in [-0.3, -0.25) is 9.97 Å². The summed E-state index contributed by atoms with van der Waals surface area (Å²) in [6, 6.07) is 9.52. The van der Waals surface area contributed by atoms with E-state index in [2.05, 4.69) is 21.1 Å². The number of nitriles is 1. The van der Waals surface area contributed by atoms with Gasteiger partial charge in [-0.05, 0) is 18.2 Å². The second-order valence-corrected chi connectivity index (χ2v) is 3.93. The van der Waals surface area contributed by atoms with Gasteiger partial charge in [0, 0.05) is 24.2 Å². The van der Waals surface area contributed by atoms with Gasteiger partial charge in [-0.1, -0.05) is 6.07 Å². The molecule has 0 amide bonds. The zero-order valence-corrected chi connectivity index (χ0v) is 9.93. The van der Waals surface area contributed by atoms with Crippen LogP contribution in [0.15, 0.2) is 55.2 Å². The van der Waals surface area contributed by atoms with Gasteiger partial charge in [-0.15, -0.1) is 0 Å². The predicted octanol–water partition coefficient (Wildman–Crippen LogP) is 2.20. The fourth-order valence-electron chi connectivity index (χ4n) is 1.74. The van der Waals surface area contributed by atoms with Crippen LogP contribution in [0.3, 0.4) is 0 Å². The quantitative estimate of drug-likeness (QED) is 0.696. The summed E-state index contributed by atoms with van der Waals surface area (Å²) in [7, 11) is 0. The second-order valence-electron chi connectivity index (χ2n) is 3.93. The van der Waals surface area contributed by atoms with E-state index in [0.717, 1.165) is 16.9 Å². The molecule has 0 bridgehead atoms. The lowest BCUT2D eigenvalue weighted by atomic mass is 10.2. The molecule has 0 saturated heterocycles. The molecule has 0 fully saturated rings. The van der Waals surface area contributed by atoms with Gasteiger partial charge in [0.15, 0.2) is 0 Å². The smallest absolute Gasteiger partial charge is 0.101 e. The van der Waals surface area contributed by atoms with Crippen LogP contribution >= 0.6 is 0 Å². The number of rotatable bonds is 2. The topological polar surface area (TPSA) is 67.4 Å². The summed E-state index contributed by atoms with van der Waals surface area (Å²) in [6.07, 6.45) is 8.52. The van der Waals surface area contributed by atoms with E-state index in [4.69, 9.17) is 5.26 Å². The zero-order valence-electron chi connectivity index (χ0n) is 9.93. The van der Waals surface area contributed by atoms with Crippen molar-refractivity contribution < 1.29 is 0 Å². The standard InChI is InChI=1S/C14H9N5/c15-6-11-5-13(9-16-7-11)19-10-12(8-18-19)14-3-1-2-4-17-14/h1-5,7-10H. The molecule has 0 radical (unpaired) electrons. The number of hydrogen-bond acceptors (Lipinski definition) is 4. The first-order chi connectivity index (χ1) is 9.36. The van der Waals surface area contributed by atoms with Crippen molar-refractivity contribution in [3.05, 3.63) is 60.8 Å². The summed E-state index contributed by atoms with van der Waals surface area (Å²) in [5.74, 6) is 0. The Labute approximate surface area is 109 Å². The van der Waals surface area contributed by atoms with Crippen molar-refractivity contribution in [2.24, 2.45) is 0 Å². The highest BCUT2D eigenvalue weighted by Gasteiger charge is 2.04. The average Bonchev–Trinajstić information content (AvgIpc) is 2.98. The molecule has 0 aliphatic heterocycles. The fourth-order valence-corrected chi connectivity index (χ4v) is 1.74. The Morgan fingerprint density at radius 3 is 2.89 bits per heavy atom. The van der Waals surface area contributed by atoms with E-state index in [9.17, 15) is 0 Å². The Balaban J connectivity index is 2.00. The molecule has 0 aliphatic carbocycles. The molecular formula is C14H9N5. The van der Waals surface area contributed by atoms with Crippen LogP contribution in [0.5, 0.6) is 0 Å². The SMILES string of the molecule is N#Cc1cncc(-n2cc(-c3ccccn3)cn2)c1. The maximum absolute atomic E-state index is 8.86. The predicted molar refractivity (Wildman–Crippen MR) is 69.3 cm³/mol. The molecule has 0 unspecified atom stereocenters. The van der Waals surface area contributed by atoms with Crippen molar-refractivity contribution in [1.29, 1.82) is 5.26 Å². The van der Waals surface area contributed by atoms with E-state index in [-0.39, 0.29) is 0 Å². The van der Waals surface area contributed by atoms with Gasteiger partial charge in [-0.2, -0.15) is 10.4 Å². The Morgan fingerprint density at radius 2 is 2.11 bits per heavy atom. The van der Waals surface area contributed by atoms with Crippen LogP contribution in [0.2, 0.25) is 0 Å². The van der Waals surface area contributed by atoms with Gasteiger partial charge in [0.05, 0.1) is 29.3 Å². The van der Waals surface area contributed by atoms with Crippen molar-refractivity contribution in [3.63, 3.8) is 0 Å². The first-order valence-electron chi connectivity index (χ1n) is 5.68. The van der Waals surface area contributed by atoms with Crippen LogP contribution in [-0.2, 0) is 0 Å². The molecule has 90 valence electrons. The number of nitrogens with zero attached hydrogens (tertiary/aromatic N) is 5. The Hall–Kier alpha value is -3.00. The zero-order chi connectivity index (χ0) is 13.1. The van der Waals surface area contributed by atoms with Crippen LogP contribution in [0.25, 0.3) is 16.9 Å². The van der Waals surface area contributed by atoms with Crippen molar-refractivity contribution in [1.82, 2.24) is 19.7 Å². The molecule has 0 N–H and O–H groups in total. The Bertz CT molecular complexity index is 740. The summed E-state index contributed by atoms with van der Waals surface area (Å²) < 4.78 is 1.68. The highest BCUT2D eigenvalue weighted by Crippen LogP contribution is 2.17. The molecule has 5 nitrogen and oxygen atoms in total. The van der Waals surface area contributed by atoms with Crippen molar-refractivity contribution in [3.8, 4) is 23.0 Å². The summed E-state index contributed by atoms with van der Waals surface area (Å²) in [5, 5.41) is 13.1. The summed E-state index contributed by atoms with van der Waals surface area (Å²) in [4.78, 5) is 8.28. The van der Waals surface area contributed by atoms with E-state index in [1.165, 1.54) is 6.20 Å². The minimum atomic E-state index is 0.507.